The quantitative estimate of drug-likeness (QED) is 0.110. The molecule has 2 aliphatic heterocycles. The Bertz CT molecular complexity index is 1630. The lowest BCUT2D eigenvalue weighted by molar-refractivity contribution is -0.486. The van der Waals surface area contributed by atoms with Gasteiger partial charge in [-0.05, 0) is 37.2 Å². The van der Waals surface area contributed by atoms with E-state index in [9.17, 15) is 20.2 Å². The minimum Gasteiger partial charge on any atom is -0.364 e. The molecule has 0 atom stereocenters. The zero-order chi connectivity index (χ0) is 35.9. The zero-order valence-electron chi connectivity index (χ0n) is 26.9. The number of thioether (sulfide) groups is 1. The number of amidine groups is 2. The molecular weight excluding hydrogens is 741 g/mol. The van der Waals surface area contributed by atoms with Gasteiger partial charge in [0.15, 0.2) is 25.5 Å². The number of guanidine groups is 1. The molecule has 0 saturated carbocycles. The van der Waals surface area contributed by atoms with E-state index in [1.165, 1.54) is 23.8 Å². The third kappa shape index (κ3) is 14.2. The largest absolute Gasteiger partial charge is 0.364 e. The molecule has 264 valence electrons. The van der Waals surface area contributed by atoms with Crippen LogP contribution in [0.25, 0.3) is 0 Å². The van der Waals surface area contributed by atoms with Crippen molar-refractivity contribution in [1.82, 2.24) is 39.9 Å². The van der Waals surface area contributed by atoms with Crippen molar-refractivity contribution in [1.29, 1.82) is 0 Å². The SMILES string of the molecule is C/C(=N/[N+](=O)[O-])NCc1cnc(Cl)s1.CN1CN(C)/C(=N/[N+](=O)[O-])N(Cc2ccc(Cl)nc2)C1.CN=C1SCCN1Cc1ccc(Cl)nc1. The van der Waals surface area contributed by atoms with Crippen molar-refractivity contribution in [2.45, 2.75) is 26.6 Å². The lowest BCUT2D eigenvalue weighted by Crippen LogP contribution is -2.56. The Labute approximate surface area is 306 Å². The van der Waals surface area contributed by atoms with Crippen LogP contribution in [0.15, 0.2) is 58.1 Å². The van der Waals surface area contributed by atoms with E-state index in [4.69, 9.17) is 34.8 Å². The maximum atomic E-state index is 10.7. The Balaban J connectivity index is 0.000000203. The molecule has 0 bridgehead atoms. The number of pyridine rings is 2. The summed E-state index contributed by atoms with van der Waals surface area (Å²) in [5.74, 6) is 1.70. The second-order valence-electron chi connectivity index (χ2n) is 10.3. The van der Waals surface area contributed by atoms with Crippen molar-refractivity contribution in [3.05, 3.63) is 93.9 Å². The highest BCUT2D eigenvalue weighted by atomic mass is 35.5. The molecule has 0 aromatic carbocycles. The average molecular weight is 775 g/mol. The third-order valence-corrected chi connectivity index (χ3v) is 8.96. The minimum absolute atomic E-state index is 0.250. The molecule has 2 aliphatic rings. The van der Waals surface area contributed by atoms with Crippen LogP contribution in [-0.4, -0.2) is 108 Å². The molecule has 0 unspecified atom stereocenters. The fourth-order valence-electron chi connectivity index (χ4n) is 4.37. The lowest BCUT2D eigenvalue weighted by Gasteiger charge is -2.40. The number of rotatable bonds is 8. The summed E-state index contributed by atoms with van der Waals surface area (Å²) in [6.07, 6.45) is 5.08. The summed E-state index contributed by atoms with van der Waals surface area (Å²) >= 11 is 20.2. The van der Waals surface area contributed by atoms with E-state index in [0.717, 1.165) is 34.5 Å². The van der Waals surface area contributed by atoms with E-state index in [1.807, 2.05) is 48.3 Å². The van der Waals surface area contributed by atoms with Crippen molar-refractivity contribution in [2.24, 2.45) is 15.2 Å². The molecule has 49 heavy (non-hydrogen) atoms. The first kappa shape index (κ1) is 39.6. The molecule has 0 spiro atoms. The van der Waals surface area contributed by atoms with E-state index < -0.39 is 10.1 Å². The molecule has 0 radical (unpaired) electrons. The summed E-state index contributed by atoms with van der Waals surface area (Å²) in [6.45, 7) is 5.50. The summed E-state index contributed by atoms with van der Waals surface area (Å²) in [5, 5.41) is 30.6. The molecular formula is C27H34Cl3N13O4S2. The van der Waals surface area contributed by atoms with Crippen LogP contribution in [0.2, 0.25) is 14.8 Å². The fourth-order valence-corrected chi connectivity index (χ4v) is 6.47. The highest BCUT2D eigenvalue weighted by Crippen LogP contribution is 2.20. The van der Waals surface area contributed by atoms with Gasteiger partial charge < -0.3 is 20.0 Å². The third-order valence-electron chi connectivity index (χ3n) is 6.31. The summed E-state index contributed by atoms with van der Waals surface area (Å²) in [5.41, 5.74) is 2.08. The summed E-state index contributed by atoms with van der Waals surface area (Å²) in [4.78, 5) is 45.5. The van der Waals surface area contributed by atoms with E-state index in [0.29, 0.717) is 47.2 Å². The maximum absolute atomic E-state index is 10.7. The van der Waals surface area contributed by atoms with Gasteiger partial charge in [-0.15, -0.1) is 11.3 Å². The van der Waals surface area contributed by atoms with Gasteiger partial charge in [-0.3, -0.25) is 9.89 Å². The van der Waals surface area contributed by atoms with Crippen LogP contribution in [-0.2, 0) is 19.6 Å². The van der Waals surface area contributed by atoms with Gasteiger partial charge in [0.2, 0.25) is 0 Å². The number of aromatic nitrogens is 3. The number of aliphatic imine (C=N–C) groups is 1. The Morgan fingerprint density at radius 2 is 1.57 bits per heavy atom. The number of halogens is 3. The van der Waals surface area contributed by atoms with Crippen LogP contribution in [0.1, 0.15) is 22.9 Å². The van der Waals surface area contributed by atoms with Gasteiger partial charge in [0.1, 0.15) is 15.4 Å². The van der Waals surface area contributed by atoms with Crippen LogP contribution in [0.5, 0.6) is 0 Å². The molecule has 1 N–H and O–H groups in total. The van der Waals surface area contributed by atoms with E-state index >= 15 is 0 Å². The van der Waals surface area contributed by atoms with Gasteiger partial charge in [0, 0.05) is 63.0 Å². The van der Waals surface area contributed by atoms with Gasteiger partial charge in [-0.25, -0.2) is 35.2 Å². The second-order valence-corrected chi connectivity index (χ2v) is 13.8. The van der Waals surface area contributed by atoms with Crippen molar-refractivity contribution in [2.75, 3.05) is 46.8 Å². The van der Waals surface area contributed by atoms with Gasteiger partial charge in [-0.1, -0.05) is 58.7 Å². The van der Waals surface area contributed by atoms with Crippen molar-refractivity contribution in [3.8, 4) is 0 Å². The van der Waals surface area contributed by atoms with Crippen LogP contribution >= 0.6 is 57.9 Å². The highest BCUT2D eigenvalue weighted by Gasteiger charge is 2.27. The number of nitrogens with one attached hydrogen (secondary N) is 1. The van der Waals surface area contributed by atoms with Gasteiger partial charge in [0.25, 0.3) is 5.96 Å². The number of nitrogens with zero attached hydrogens (tertiary/aromatic N) is 12. The number of thiazole rings is 1. The predicted octanol–water partition coefficient (Wildman–Crippen LogP) is 4.64. The monoisotopic (exact) mass is 773 g/mol. The normalized spacial score (nSPS) is 16.6. The average Bonchev–Trinajstić information content (AvgIpc) is 3.68. The molecule has 5 rings (SSSR count). The molecule has 0 amide bonds. The van der Waals surface area contributed by atoms with Crippen molar-refractivity contribution < 1.29 is 10.1 Å². The lowest BCUT2D eigenvalue weighted by atomic mass is 10.2. The van der Waals surface area contributed by atoms with Gasteiger partial charge in [-0.2, -0.15) is 0 Å². The standard InChI is InChI=1S/C11H15ClN6O2.C10H12ClN3S.C6H7ClN4O2S/c1-15-7-16(2)11(14-18(19)20)17(8-15)6-9-3-4-10(12)13-5-9;1-12-10-14(4-5-15-10)7-8-2-3-9(11)13-6-8;1-4(10-11(12)13)8-2-5-3-9-6(7)14-5/h3-5H,6-8H2,1-2H3;2-3,6H,4-5,7H2,1H3;3H,2H2,1H3,(H,8,10)/b14-11-;;. The minimum atomic E-state index is -0.748. The van der Waals surface area contributed by atoms with Crippen molar-refractivity contribution in [3.63, 3.8) is 0 Å². The molecule has 17 nitrogen and oxygen atoms in total. The fraction of sp³-hybridized carbons (Fsp3) is 0.407. The number of hydrogen-bond donors (Lipinski definition) is 1. The Kier molecular flexibility index (Phi) is 16.1. The summed E-state index contributed by atoms with van der Waals surface area (Å²) in [6, 6.07) is 7.36. The van der Waals surface area contributed by atoms with Crippen LogP contribution in [0.4, 0.5) is 0 Å². The van der Waals surface area contributed by atoms with E-state index in [2.05, 4.69) is 40.4 Å². The smallest absolute Gasteiger partial charge is 0.276 e. The number of hydrogen-bond acceptors (Lipinski definition) is 11. The highest BCUT2D eigenvalue weighted by molar-refractivity contribution is 8.14. The molecule has 2 fully saturated rings. The molecule has 0 aliphatic carbocycles. The first-order valence-corrected chi connectivity index (χ1v) is 17.2. The van der Waals surface area contributed by atoms with E-state index in [-0.39, 0.29) is 5.84 Å². The molecule has 22 heteroatoms. The molecule has 5 heterocycles. The van der Waals surface area contributed by atoms with Crippen LogP contribution in [0, 0.1) is 20.2 Å². The number of nitro groups is 2. The molecule has 3 aromatic heterocycles. The number of hydrazone groups is 2. The predicted molar refractivity (Wildman–Crippen MR) is 194 cm³/mol. The maximum Gasteiger partial charge on any atom is 0.276 e. The first-order valence-electron chi connectivity index (χ1n) is 14.3. The Morgan fingerprint density at radius 1 is 0.939 bits per heavy atom. The summed E-state index contributed by atoms with van der Waals surface area (Å²) in [7, 11) is 5.54. The molecule has 2 saturated heterocycles. The van der Waals surface area contributed by atoms with Crippen LogP contribution < -0.4 is 5.32 Å². The van der Waals surface area contributed by atoms with Crippen LogP contribution in [0.3, 0.4) is 0 Å². The zero-order valence-corrected chi connectivity index (χ0v) is 30.8. The topological polar surface area (TPSA) is 187 Å². The Morgan fingerprint density at radius 3 is 2.08 bits per heavy atom. The Hall–Kier alpha value is -3.88. The first-order chi connectivity index (χ1) is 23.3. The van der Waals surface area contributed by atoms with Crippen molar-refractivity contribution >= 4 is 74.9 Å². The molecule has 3 aromatic rings. The summed E-state index contributed by atoms with van der Waals surface area (Å²) < 4.78 is 0.450. The van der Waals surface area contributed by atoms with Gasteiger partial charge in [0.05, 0.1) is 25.0 Å². The van der Waals surface area contributed by atoms with Gasteiger partial charge >= 0.3 is 0 Å². The van der Waals surface area contributed by atoms with E-state index in [1.54, 1.807) is 42.2 Å². The second kappa shape index (κ2) is 20.0.